The van der Waals surface area contributed by atoms with Crippen LogP contribution < -0.4 is 0 Å². The van der Waals surface area contributed by atoms with Crippen LogP contribution in [-0.2, 0) is 0 Å². The van der Waals surface area contributed by atoms with Crippen molar-refractivity contribution < 1.29 is 4.79 Å². The lowest BCUT2D eigenvalue weighted by Gasteiger charge is -2.27. The number of hydrogen-bond acceptors (Lipinski definition) is 3. The molecule has 1 saturated carbocycles. The molecule has 3 heteroatoms. The van der Waals surface area contributed by atoms with Gasteiger partial charge in [-0.25, -0.2) is 4.98 Å². The highest BCUT2D eigenvalue weighted by Gasteiger charge is 2.24. The second-order valence-electron chi connectivity index (χ2n) is 5.47. The van der Waals surface area contributed by atoms with Crippen LogP contribution in [0.1, 0.15) is 78.2 Å². The van der Waals surface area contributed by atoms with E-state index in [2.05, 4.69) is 11.9 Å². The Labute approximate surface area is 114 Å². The van der Waals surface area contributed by atoms with Crippen LogP contribution in [0, 0.1) is 12.8 Å². The lowest BCUT2D eigenvalue weighted by atomic mass is 9.80. The number of aromatic nitrogens is 1. The summed E-state index contributed by atoms with van der Waals surface area (Å²) in [5.74, 6) is 1.55. The Bertz CT molecular complexity index is 391. The van der Waals surface area contributed by atoms with Crippen LogP contribution in [0.25, 0.3) is 0 Å². The number of unbranched alkanes of at least 4 members (excludes halogenated alkanes) is 1. The van der Waals surface area contributed by atoms with E-state index >= 15 is 0 Å². The molecule has 100 valence electrons. The predicted molar refractivity (Wildman–Crippen MR) is 76.5 cm³/mol. The zero-order chi connectivity index (χ0) is 13.0. The summed E-state index contributed by atoms with van der Waals surface area (Å²) in [5.41, 5.74) is 0.656. The molecule has 1 aliphatic rings. The van der Waals surface area contributed by atoms with E-state index in [9.17, 15) is 4.79 Å². The third-order valence-electron chi connectivity index (χ3n) is 4.12. The zero-order valence-electron chi connectivity index (χ0n) is 11.4. The molecule has 0 aromatic carbocycles. The van der Waals surface area contributed by atoms with Gasteiger partial charge in [0.25, 0.3) is 0 Å². The van der Waals surface area contributed by atoms with Crippen molar-refractivity contribution in [2.45, 2.75) is 64.7 Å². The molecule has 18 heavy (non-hydrogen) atoms. The molecule has 2 nitrogen and oxygen atoms in total. The Morgan fingerprint density at radius 3 is 2.61 bits per heavy atom. The SMILES string of the molecule is CCCCC1CCC(c2nc(C=O)c(C)s2)CC1. The van der Waals surface area contributed by atoms with Crippen molar-refractivity contribution in [3.05, 3.63) is 15.6 Å². The van der Waals surface area contributed by atoms with Crippen molar-refractivity contribution in [3.8, 4) is 0 Å². The molecule has 1 fully saturated rings. The van der Waals surface area contributed by atoms with Crippen LogP contribution in [0.15, 0.2) is 0 Å². The number of rotatable bonds is 5. The molecular formula is C15H23NOS. The second kappa shape index (κ2) is 6.46. The smallest absolute Gasteiger partial charge is 0.169 e. The van der Waals surface area contributed by atoms with Crippen LogP contribution in [0.3, 0.4) is 0 Å². The summed E-state index contributed by atoms with van der Waals surface area (Å²) in [6.07, 6.45) is 10.2. The molecule has 0 N–H and O–H groups in total. The van der Waals surface area contributed by atoms with E-state index in [1.807, 2.05) is 6.92 Å². The summed E-state index contributed by atoms with van der Waals surface area (Å²) in [7, 11) is 0. The van der Waals surface area contributed by atoms with Crippen molar-refractivity contribution in [2.75, 3.05) is 0 Å². The van der Waals surface area contributed by atoms with E-state index in [-0.39, 0.29) is 0 Å². The molecule has 0 radical (unpaired) electrons. The number of carbonyl (C=O) groups excluding carboxylic acids is 1. The molecule has 0 atom stereocenters. The van der Waals surface area contributed by atoms with Gasteiger partial charge in [-0.1, -0.05) is 26.2 Å². The average molecular weight is 265 g/mol. The largest absolute Gasteiger partial charge is 0.296 e. The first-order valence-electron chi connectivity index (χ1n) is 7.17. The number of aldehydes is 1. The van der Waals surface area contributed by atoms with Crippen molar-refractivity contribution in [3.63, 3.8) is 0 Å². The molecule has 1 aromatic heterocycles. The topological polar surface area (TPSA) is 30.0 Å². The van der Waals surface area contributed by atoms with E-state index < -0.39 is 0 Å². The van der Waals surface area contributed by atoms with Gasteiger partial charge in [-0.3, -0.25) is 4.79 Å². The average Bonchev–Trinajstić information content (AvgIpc) is 2.78. The minimum absolute atomic E-state index is 0.611. The normalized spacial score (nSPS) is 24.1. The molecule has 1 aromatic rings. The third-order valence-corrected chi connectivity index (χ3v) is 5.27. The van der Waals surface area contributed by atoms with Gasteiger partial charge in [0.05, 0.1) is 5.01 Å². The summed E-state index contributed by atoms with van der Waals surface area (Å²) < 4.78 is 0. The van der Waals surface area contributed by atoms with E-state index in [4.69, 9.17) is 0 Å². The summed E-state index contributed by atoms with van der Waals surface area (Å²) in [5, 5.41) is 1.20. The van der Waals surface area contributed by atoms with E-state index in [0.717, 1.165) is 17.1 Å². The highest BCUT2D eigenvalue weighted by molar-refractivity contribution is 7.11. The molecule has 0 spiro atoms. The Hall–Kier alpha value is -0.700. The van der Waals surface area contributed by atoms with Gasteiger partial charge in [0, 0.05) is 10.8 Å². The molecule has 0 unspecified atom stereocenters. The van der Waals surface area contributed by atoms with Gasteiger partial charge in [-0.05, 0) is 38.5 Å². The highest BCUT2D eigenvalue weighted by Crippen LogP contribution is 2.39. The number of hydrogen-bond donors (Lipinski definition) is 0. The minimum Gasteiger partial charge on any atom is -0.296 e. The molecule has 0 aliphatic heterocycles. The maximum Gasteiger partial charge on any atom is 0.169 e. The fraction of sp³-hybridized carbons (Fsp3) is 0.733. The summed E-state index contributed by atoms with van der Waals surface area (Å²) in [4.78, 5) is 16.4. The first-order chi connectivity index (χ1) is 8.74. The first-order valence-corrected chi connectivity index (χ1v) is 7.98. The fourth-order valence-corrected chi connectivity index (χ4v) is 3.96. The minimum atomic E-state index is 0.611. The zero-order valence-corrected chi connectivity index (χ0v) is 12.3. The van der Waals surface area contributed by atoms with Gasteiger partial charge in [-0.15, -0.1) is 11.3 Å². The Morgan fingerprint density at radius 1 is 1.33 bits per heavy atom. The van der Waals surface area contributed by atoms with Crippen molar-refractivity contribution >= 4 is 17.6 Å². The van der Waals surface area contributed by atoms with Crippen LogP contribution in [0.2, 0.25) is 0 Å². The molecule has 1 aliphatic carbocycles. The van der Waals surface area contributed by atoms with E-state index in [1.165, 1.54) is 50.0 Å². The molecule has 0 saturated heterocycles. The van der Waals surface area contributed by atoms with Crippen molar-refractivity contribution in [1.82, 2.24) is 4.98 Å². The van der Waals surface area contributed by atoms with Crippen LogP contribution in [-0.4, -0.2) is 11.3 Å². The monoisotopic (exact) mass is 265 g/mol. The molecule has 0 bridgehead atoms. The van der Waals surface area contributed by atoms with Gasteiger partial charge in [0.1, 0.15) is 5.69 Å². The summed E-state index contributed by atoms with van der Waals surface area (Å²) in [6, 6.07) is 0. The molecule has 1 heterocycles. The van der Waals surface area contributed by atoms with E-state index in [1.54, 1.807) is 11.3 Å². The van der Waals surface area contributed by atoms with Gasteiger partial charge in [0.2, 0.25) is 0 Å². The predicted octanol–water partition coefficient (Wildman–Crippen LogP) is 4.73. The lowest BCUT2D eigenvalue weighted by Crippen LogP contribution is -2.13. The number of thiazole rings is 1. The summed E-state index contributed by atoms with van der Waals surface area (Å²) >= 11 is 1.72. The van der Waals surface area contributed by atoms with Gasteiger partial charge >= 0.3 is 0 Å². The maximum absolute atomic E-state index is 10.8. The second-order valence-corrected chi connectivity index (χ2v) is 6.71. The van der Waals surface area contributed by atoms with Gasteiger partial charge in [-0.2, -0.15) is 0 Å². The van der Waals surface area contributed by atoms with Crippen LogP contribution in [0.5, 0.6) is 0 Å². The molecule has 0 amide bonds. The standard InChI is InChI=1S/C15H23NOS/c1-3-4-5-12-6-8-13(9-7-12)15-16-14(10-17)11(2)18-15/h10,12-13H,3-9H2,1-2H3. The maximum atomic E-state index is 10.8. The van der Waals surface area contributed by atoms with Crippen LogP contribution in [0.4, 0.5) is 0 Å². The number of carbonyl (C=O) groups is 1. The molecular weight excluding hydrogens is 242 g/mol. The highest BCUT2D eigenvalue weighted by atomic mass is 32.1. The van der Waals surface area contributed by atoms with Gasteiger partial charge in [0.15, 0.2) is 6.29 Å². The quantitative estimate of drug-likeness (QED) is 0.720. The van der Waals surface area contributed by atoms with Crippen molar-refractivity contribution in [1.29, 1.82) is 0 Å². The lowest BCUT2D eigenvalue weighted by molar-refractivity contribution is 0.111. The van der Waals surface area contributed by atoms with Gasteiger partial charge < -0.3 is 0 Å². The van der Waals surface area contributed by atoms with Crippen molar-refractivity contribution in [2.24, 2.45) is 5.92 Å². The van der Waals surface area contributed by atoms with Crippen LogP contribution >= 0.6 is 11.3 Å². The Balaban J connectivity index is 1.90. The van der Waals surface area contributed by atoms with E-state index in [0.29, 0.717) is 11.6 Å². The summed E-state index contributed by atoms with van der Waals surface area (Å²) in [6.45, 7) is 4.27. The fourth-order valence-electron chi connectivity index (χ4n) is 2.90. The first kappa shape index (κ1) is 13.7. The Kier molecular flexibility index (Phi) is 4.93. The number of nitrogens with zero attached hydrogens (tertiary/aromatic N) is 1. The number of aryl methyl sites for hydroxylation is 1. The molecule has 2 rings (SSSR count). The Morgan fingerprint density at radius 2 is 2.06 bits per heavy atom. The third kappa shape index (κ3) is 3.19.